The molecule has 0 saturated carbocycles. The summed E-state index contributed by atoms with van der Waals surface area (Å²) in [5.74, 6) is -1.59. The molecule has 0 N–H and O–H groups in total. The van der Waals surface area contributed by atoms with Crippen LogP contribution in [0.3, 0.4) is 0 Å². The van der Waals surface area contributed by atoms with Crippen molar-refractivity contribution in [1.82, 2.24) is 0 Å². The van der Waals surface area contributed by atoms with Crippen molar-refractivity contribution < 1.29 is 18.8 Å². The summed E-state index contributed by atoms with van der Waals surface area (Å²) in [6.07, 6.45) is 0.0448. The molecule has 1 atom stereocenters. The van der Waals surface area contributed by atoms with Gasteiger partial charge in [0.05, 0.1) is 12.0 Å². The van der Waals surface area contributed by atoms with Gasteiger partial charge in [0.25, 0.3) is 0 Å². The van der Waals surface area contributed by atoms with E-state index >= 15 is 0 Å². The molecule has 0 fully saturated rings. The van der Waals surface area contributed by atoms with E-state index in [2.05, 4.69) is 4.74 Å². The molecule has 0 heterocycles. The van der Waals surface area contributed by atoms with Crippen molar-refractivity contribution in [2.24, 2.45) is 0 Å². The van der Waals surface area contributed by atoms with Gasteiger partial charge in [-0.15, -0.1) is 11.6 Å². The van der Waals surface area contributed by atoms with E-state index < -0.39 is 27.8 Å². The first-order valence-corrected chi connectivity index (χ1v) is 5.04. The monoisotopic (exact) mass is 261 g/mol. The topological polar surface area (TPSA) is 69.4 Å². The van der Waals surface area contributed by atoms with Crippen LogP contribution in [0, 0.1) is 15.9 Å². The Balaban J connectivity index is 2.84. The highest BCUT2D eigenvalue weighted by Crippen LogP contribution is 2.19. The summed E-state index contributed by atoms with van der Waals surface area (Å²) in [5.41, 5.74) is -0.226. The van der Waals surface area contributed by atoms with Gasteiger partial charge in [0, 0.05) is 6.07 Å². The number of carbonyl (C=O) groups excluding carboxylic acids is 1. The molecule has 1 aromatic carbocycles. The van der Waals surface area contributed by atoms with Gasteiger partial charge in [-0.25, -0.2) is 0 Å². The van der Waals surface area contributed by atoms with E-state index in [1.807, 2.05) is 0 Å². The van der Waals surface area contributed by atoms with Gasteiger partial charge in [0.2, 0.25) is 5.82 Å². The van der Waals surface area contributed by atoms with Gasteiger partial charge in [-0.3, -0.25) is 14.9 Å². The number of carbonyl (C=O) groups is 1. The molecule has 0 saturated heterocycles. The first-order valence-electron chi connectivity index (χ1n) is 4.60. The number of nitro groups is 1. The van der Waals surface area contributed by atoms with Crippen molar-refractivity contribution >= 4 is 23.3 Å². The fraction of sp³-hybridized carbons (Fsp3) is 0.300. The van der Waals surface area contributed by atoms with Crippen LogP contribution in [0.5, 0.6) is 0 Å². The van der Waals surface area contributed by atoms with Gasteiger partial charge in [-0.05, 0) is 18.1 Å². The summed E-state index contributed by atoms with van der Waals surface area (Å²) in [5, 5.41) is 9.43. The Hall–Kier alpha value is -1.69. The minimum Gasteiger partial charge on any atom is -0.468 e. The normalized spacial score (nSPS) is 11.9. The number of alkyl halides is 1. The highest BCUT2D eigenvalue weighted by Gasteiger charge is 2.19. The lowest BCUT2D eigenvalue weighted by molar-refractivity contribution is -0.387. The lowest BCUT2D eigenvalue weighted by atomic mass is 10.1. The molecule has 0 aliphatic heterocycles. The quantitative estimate of drug-likeness (QED) is 0.360. The average Bonchev–Trinajstić information content (AvgIpc) is 2.27. The van der Waals surface area contributed by atoms with Crippen LogP contribution in [0.2, 0.25) is 0 Å². The van der Waals surface area contributed by atoms with E-state index in [1.54, 1.807) is 0 Å². The van der Waals surface area contributed by atoms with Crippen LogP contribution in [0.15, 0.2) is 18.2 Å². The van der Waals surface area contributed by atoms with Crippen LogP contribution >= 0.6 is 11.6 Å². The second-order valence-electron chi connectivity index (χ2n) is 3.24. The molecule has 0 aliphatic rings. The minimum absolute atomic E-state index is 0.0448. The predicted molar refractivity (Wildman–Crippen MR) is 58.4 cm³/mol. The number of esters is 1. The Labute approximate surface area is 101 Å². The Bertz CT molecular complexity index is 452. The molecule has 92 valence electrons. The Morgan fingerprint density at radius 3 is 2.76 bits per heavy atom. The van der Waals surface area contributed by atoms with Crippen molar-refractivity contribution in [2.75, 3.05) is 7.11 Å². The number of halogens is 2. The van der Waals surface area contributed by atoms with Crippen molar-refractivity contribution in [3.8, 4) is 0 Å². The fourth-order valence-electron chi connectivity index (χ4n) is 1.24. The van der Waals surface area contributed by atoms with Gasteiger partial charge < -0.3 is 4.74 Å². The highest BCUT2D eigenvalue weighted by atomic mass is 35.5. The van der Waals surface area contributed by atoms with Crippen molar-refractivity contribution in [3.63, 3.8) is 0 Å². The van der Waals surface area contributed by atoms with Gasteiger partial charge in [-0.1, -0.05) is 6.07 Å². The zero-order valence-corrected chi connectivity index (χ0v) is 9.61. The van der Waals surface area contributed by atoms with Crippen LogP contribution in [0.4, 0.5) is 10.1 Å². The molecule has 17 heavy (non-hydrogen) atoms. The maximum atomic E-state index is 13.2. The van der Waals surface area contributed by atoms with Crippen molar-refractivity contribution in [3.05, 3.63) is 39.7 Å². The first kappa shape index (κ1) is 13.4. The molecule has 5 nitrogen and oxygen atoms in total. The number of hydrogen-bond donors (Lipinski definition) is 0. The molecular formula is C10H9ClFNO4. The molecule has 0 bridgehead atoms. The molecule has 0 amide bonds. The van der Waals surface area contributed by atoms with E-state index in [0.717, 1.165) is 12.1 Å². The Morgan fingerprint density at radius 2 is 2.29 bits per heavy atom. The third kappa shape index (κ3) is 3.39. The SMILES string of the molecule is COC(=O)C(Cl)Cc1ccc([N+](=O)[O-])c(F)c1. The average molecular weight is 262 g/mol. The van der Waals surface area contributed by atoms with Crippen molar-refractivity contribution in [1.29, 1.82) is 0 Å². The maximum absolute atomic E-state index is 13.2. The summed E-state index contributed by atoms with van der Waals surface area (Å²) in [7, 11) is 1.19. The molecule has 1 rings (SSSR count). The number of rotatable bonds is 4. The Morgan fingerprint density at radius 1 is 1.65 bits per heavy atom. The molecule has 0 aromatic heterocycles. The van der Waals surface area contributed by atoms with Crippen LogP contribution in [0.1, 0.15) is 5.56 Å². The predicted octanol–water partition coefficient (Wildman–Crippen LogP) is 2.06. The molecule has 1 aromatic rings. The zero-order valence-electron chi connectivity index (χ0n) is 8.85. The molecule has 0 spiro atoms. The van der Waals surface area contributed by atoms with E-state index in [9.17, 15) is 19.3 Å². The van der Waals surface area contributed by atoms with Crippen LogP contribution in [-0.4, -0.2) is 23.4 Å². The third-order valence-corrected chi connectivity index (χ3v) is 2.41. The third-order valence-electron chi connectivity index (χ3n) is 2.08. The second kappa shape index (κ2) is 5.58. The second-order valence-corrected chi connectivity index (χ2v) is 3.76. The summed E-state index contributed by atoms with van der Waals surface area (Å²) in [6, 6.07) is 3.36. The number of nitrogens with zero attached hydrogens (tertiary/aromatic N) is 1. The van der Waals surface area contributed by atoms with Gasteiger partial charge in [0.15, 0.2) is 0 Å². The number of methoxy groups -OCH3 is 1. The lowest BCUT2D eigenvalue weighted by Gasteiger charge is -2.07. The molecule has 0 aliphatic carbocycles. The van der Waals surface area contributed by atoms with E-state index in [4.69, 9.17) is 11.6 Å². The number of nitro benzene ring substituents is 1. The first-order chi connectivity index (χ1) is 7.95. The van der Waals surface area contributed by atoms with Gasteiger partial charge in [-0.2, -0.15) is 4.39 Å². The highest BCUT2D eigenvalue weighted by molar-refractivity contribution is 6.30. The number of benzene rings is 1. The van der Waals surface area contributed by atoms with Gasteiger partial charge in [0.1, 0.15) is 5.38 Å². The van der Waals surface area contributed by atoms with E-state index in [0.29, 0.717) is 5.56 Å². The fourth-order valence-corrected chi connectivity index (χ4v) is 1.51. The molecule has 7 heteroatoms. The summed E-state index contributed by atoms with van der Waals surface area (Å²) in [6.45, 7) is 0. The summed E-state index contributed by atoms with van der Waals surface area (Å²) >= 11 is 5.69. The lowest BCUT2D eigenvalue weighted by Crippen LogP contribution is -2.18. The zero-order chi connectivity index (χ0) is 13.0. The molecular weight excluding hydrogens is 253 g/mol. The Kier molecular flexibility index (Phi) is 4.39. The smallest absolute Gasteiger partial charge is 0.324 e. The summed E-state index contributed by atoms with van der Waals surface area (Å²) in [4.78, 5) is 20.6. The molecule has 0 radical (unpaired) electrons. The minimum atomic E-state index is -0.957. The van der Waals surface area contributed by atoms with E-state index in [-0.39, 0.29) is 6.42 Å². The summed E-state index contributed by atoms with van der Waals surface area (Å²) < 4.78 is 17.6. The van der Waals surface area contributed by atoms with Crippen LogP contribution < -0.4 is 0 Å². The van der Waals surface area contributed by atoms with E-state index in [1.165, 1.54) is 13.2 Å². The number of ether oxygens (including phenoxy) is 1. The maximum Gasteiger partial charge on any atom is 0.324 e. The number of hydrogen-bond acceptors (Lipinski definition) is 4. The largest absolute Gasteiger partial charge is 0.468 e. The van der Waals surface area contributed by atoms with Crippen LogP contribution in [0.25, 0.3) is 0 Å². The standard InChI is InChI=1S/C10H9ClFNO4/c1-17-10(14)7(11)4-6-2-3-9(13(15)16)8(12)5-6/h2-3,5,7H,4H2,1H3. The van der Waals surface area contributed by atoms with Gasteiger partial charge >= 0.3 is 11.7 Å². The molecule has 1 unspecified atom stereocenters. The van der Waals surface area contributed by atoms with Crippen LogP contribution in [-0.2, 0) is 16.0 Å². The van der Waals surface area contributed by atoms with Crippen molar-refractivity contribution in [2.45, 2.75) is 11.8 Å².